The fraction of sp³-hybridized carbons (Fsp3) is 0.148. The van der Waals surface area contributed by atoms with Crippen molar-refractivity contribution < 1.29 is 19.0 Å². The lowest BCUT2D eigenvalue weighted by Crippen LogP contribution is -2.31. The Hall–Kier alpha value is -4.72. The molecule has 0 amide bonds. The number of methoxy groups -OCH3 is 1. The van der Waals surface area contributed by atoms with Gasteiger partial charge in [0.05, 0.1) is 47.2 Å². The molecular weight excluding hydrogens is 477 g/mol. The molecule has 9 nitrogen and oxygen atoms in total. The summed E-state index contributed by atoms with van der Waals surface area (Å²) in [6, 6.07) is 18.0. The van der Waals surface area contributed by atoms with Crippen molar-refractivity contribution in [2.45, 2.75) is 12.3 Å². The monoisotopic (exact) mass is 499 g/mol. The maximum absolute atomic E-state index is 15.1. The Morgan fingerprint density at radius 3 is 2.54 bits per heavy atom. The summed E-state index contributed by atoms with van der Waals surface area (Å²) in [5.74, 6) is -0.153. The van der Waals surface area contributed by atoms with Crippen molar-refractivity contribution >= 4 is 21.9 Å². The highest BCUT2D eigenvalue weighted by Crippen LogP contribution is 2.38. The van der Waals surface area contributed by atoms with Gasteiger partial charge < -0.3 is 20.3 Å². The average Bonchev–Trinajstić information content (AvgIpc) is 3.16. The number of aryl methyl sites for hydroxylation is 1. The molecule has 2 aromatic heterocycles. The van der Waals surface area contributed by atoms with E-state index >= 15 is 4.39 Å². The zero-order valence-electron chi connectivity index (χ0n) is 19.9. The van der Waals surface area contributed by atoms with E-state index in [1.54, 1.807) is 43.4 Å². The van der Waals surface area contributed by atoms with Gasteiger partial charge in [-0.25, -0.2) is 9.18 Å². The van der Waals surface area contributed by atoms with Crippen molar-refractivity contribution in [3.8, 4) is 23.3 Å². The second-order valence-electron chi connectivity index (χ2n) is 8.41. The number of nitrogens with zero attached hydrogens (tertiary/aromatic N) is 4. The first-order chi connectivity index (χ1) is 17.8. The average molecular weight is 500 g/mol. The minimum atomic E-state index is -1.35. The Balaban J connectivity index is 1.78. The highest BCUT2D eigenvalue weighted by Gasteiger charge is 2.24. The Bertz CT molecular complexity index is 1740. The van der Waals surface area contributed by atoms with Crippen LogP contribution in [0.15, 0.2) is 71.7 Å². The van der Waals surface area contributed by atoms with Gasteiger partial charge in [-0.3, -0.25) is 14.1 Å². The van der Waals surface area contributed by atoms with Gasteiger partial charge in [0.15, 0.2) is 17.6 Å². The molecule has 3 N–H and O–H groups in total. The van der Waals surface area contributed by atoms with E-state index < -0.39 is 23.8 Å². The number of aliphatic hydroxyl groups is 1. The van der Waals surface area contributed by atoms with Crippen LogP contribution in [0.1, 0.15) is 17.2 Å². The number of hydrogen-bond donors (Lipinski definition) is 2. The van der Waals surface area contributed by atoms with Crippen molar-refractivity contribution in [1.29, 1.82) is 5.26 Å². The molecule has 0 saturated carbocycles. The summed E-state index contributed by atoms with van der Waals surface area (Å²) in [6.45, 7) is 0. The lowest BCUT2D eigenvalue weighted by atomic mass is 10.1. The second-order valence-corrected chi connectivity index (χ2v) is 8.41. The molecule has 0 saturated heterocycles. The molecule has 0 bridgehead atoms. The van der Waals surface area contributed by atoms with Gasteiger partial charge in [0.25, 0.3) is 0 Å². The molecule has 3 aromatic carbocycles. The minimum absolute atomic E-state index is 0.0140. The number of hydrogen-bond acceptors (Lipinski definition) is 7. The van der Waals surface area contributed by atoms with Gasteiger partial charge in [0, 0.05) is 18.5 Å². The highest BCUT2D eigenvalue weighted by molar-refractivity contribution is 6.04. The molecule has 0 aliphatic rings. The zero-order chi connectivity index (χ0) is 26.3. The van der Waals surface area contributed by atoms with Crippen molar-refractivity contribution in [3.05, 3.63) is 94.3 Å². The van der Waals surface area contributed by atoms with Crippen molar-refractivity contribution in [3.63, 3.8) is 0 Å². The summed E-state index contributed by atoms with van der Waals surface area (Å²) < 4.78 is 29.3. The van der Waals surface area contributed by atoms with Crippen molar-refractivity contribution in [1.82, 2.24) is 14.1 Å². The van der Waals surface area contributed by atoms with E-state index in [2.05, 4.69) is 4.98 Å². The van der Waals surface area contributed by atoms with Crippen LogP contribution in [0.5, 0.6) is 11.5 Å². The first kappa shape index (κ1) is 24.0. The van der Waals surface area contributed by atoms with Crippen LogP contribution in [0, 0.1) is 17.1 Å². The maximum Gasteiger partial charge on any atom is 0.333 e. The quantitative estimate of drug-likeness (QED) is 0.343. The number of halogens is 1. The number of pyridine rings is 1. The van der Waals surface area contributed by atoms with Crippen LogP contribution in [0.4, 0.5) is 4.39 Å². The Morgan fingerprint density at radius 1 is 1.14 bits per heavy atom. The molecule has 0 fully saturated rings. The fourth-order valence-electron chi connectivity index (χ4n) is 4.35. The number of imidazole rings is 1. The number of ether oxygens (including phenoxy) is 2. The van der Waals surface area contributed by atoms with Gasteiger partial charge in [-0.1, -0.05) is 30.3 Å². The van der Waals surface area contributed by atoms with E-state index in [-0.39, 0.29) is 17.0 Å². The Morgan fingerprint density at radius 2 is 1.89 bits per heavy atom. The molecule has 0 radical (unpaired) electrons. The number of rotatable bonds is 6. The fourth-order valence-corrected chi connectivity index (χ4v) is 4.35. The zero-order valence-corrected chi connectivity index (χ0v) is 19.9. The van der Waals surface area contributed by atoms with E-state index in [4.69, 9.17) is 20.5 Å². The summed E-state index contributed by atoms with van der Waals surface area (Å²) in [5.41, 5.74) is 7.42. The molecule has 10 heteroatoms. The normalized spacial score (nSPS) is 12.9. The van der Waals surface area contributed by atoms with Crippen molar-refractivity contribution in [2.75, 3.05) is 7.11 Å². The molecule has 0 spiro atoms. The van der Waals surface area contributed by atoms with E-state index in [0.717, 1.165) is 6.07 Å². The number of fused-ring (bicyclic) bond motifs is 3. The molecule has 2 unspecified atom stereocenters. The summed E-state index contributed by atoms with van der Waals surface area (Å²) in [5, 5.41) is 19.9. The summed E-state index contributed by atoms with van der Waals surface area (Å²) in [7, 11) is 3.03. The number of aromatic nitrogens is 3. The third-order valence-electron chi connectivity index (χ3n) is 6.18. The van der Waals surface area contributed by atoms with Gasteiger partial charge in [0.1, 0.15) is 12.0 Å². The van der Waals surface area contributed by atoms with Crippen LogP contribution in [0.2, 0.25) is 0 Å². The molecule has 5 rings (SSSR count). The number of benzene rings is 3. The molecule has 2 heterocycles. The molecule has 0 aliphatic carbocycles. The third kappa shape index (κ3) is 4.06. The summed E-state index contributed by atoms with van der Waals surface area (Å²) >= 11 is 0. The van der Waals surface area contributed by atoms with Crippen LogP contribution in [-0.2, 0) is 7.05 Å². The third-order valence-corrected chi connectivity index (χ3v) is 6.18. The smallest absolute Gasteiger partial charge is 0.333 e. The first-order valence-corrected chi connectivity index (χ1v) is 11.3. The molecule has 186 valence electrons. The van der Waals surface area contributed by atoms with E-state index in [1.165, 1.54) is 34.6 Å². The van der Waals surface area contributed by atoms with Crippen LogP contribution in [-0.4, -0.2) is 32.6 Å². The van der Waals surface area contributed by atoms with Gasteiger partial charge in [-0.15, -0.1) is 0 Å². The van der Waals surface area contributed by atoms with Crippen LogP contribution >= 0.6 is 0 Å². The highest BCUT2D eigenvalue weighted by atomic mass is 19.1. The number of nitrogens with two attached hydrogens (primary N) is 1. The van der Waals surface area contributed by atoms with Crippen LogP contribution in [0.25, 0.3) is 27.6 Å². The molecule has 2 atom stereocenters. The Labute approximate surface area is 210 Å². The minimum Gasteiger partial charge on any atom is -0.493 e. The topological polar surface area (TPSA) is 128 Å². The number of nitriles is 1. The van der Waals surface area contributed by atoms with Crippen molar-refractivity contribution in [2.24, 2.45) is 12.8 Å². The standard InChI is InChI=1S/C27H22FN5O4/c1-32-21-14-31-19-12-22(36-2)23(37-25(26(30)34)16-6-4-3-5-7-16)11-17(19)24(21)33(27(32)35)20-9-8-15(13-29)10-18(20)28/h3-12,14,25-26,34H,30H2,1-2H3. The van der Waals surface area contributed by atoms with Crippen LogP contribution < -0.4 is 20.9 Å². The van der Waals surface area contributed by atoms with E-state index in [0.29, 0.717) is 33.2 Å². The van der Waals surface area contributed by atoms with Crippen LogP contribution in [0.3, 0.4) is 0 Å². The predicted octanol–water partition coefficient (Wildman–Crippen LogP) is 3.29. The lowest BCUT2D eigenvalue weighted by molar-refractivity contribution is 0.0384. The van der Waals surface area contributed by atoms with Gasteiger partial charge in [0.2, 0.25) is 0 Å². The van der Waals surface area contributed by atoms with E-state index in [9.17, 15) is 9.90 Å². The molecular formula is C27H22FN5O4. The summed E-state index contributed by atoms with van der Waals surface area (Å²) in [6.07, 6.45) is -0.749. The van der Waals surface area contributed by atoms with E-state index in [1.807, 2.05) is 12.1 Å². The molecule has 5 aromatic rings. The lowest BCUT2D eigenvalue weighted by Gasteiger charge is -2.23. The maximum atomic E-state index is 15.1. The largest absolute Gasteiger partial charge is 0.493 e. The van der Waals surface area contributed by atoms with Gasteiger partial charge in [-0.05, 0) is 29.8 Å². The summed E-state index contributed by atoms with van der Waals surface area (Å²) in [4.78, 5) is 17.7. The predicted molar refractivity (Wildman–Crippen MR) is 135 cm³/mol. The first-order valence-electron chi connectivity index (χ1n) is 11.3. The van der Waals surface area contributed by atoms with Gasteiger partial charge in [-0.2, -0.15) is 5.26 Å². The molecule has 37 heavy (non-hydrogen) atoms. The Kier molecular flexibility index (Phi) is 6.09. The second kappa shape index (κ2) is 9.39. The number of aliphatic hydroxyl groups excluding tert-OH is 1. The molecule has 0 aliphatic heterocycles. The van der Waals surface area contributed by atoms with Gasteiger partial charge >= 0.3 is 5.69 Å². The SMILES string of the molecule is COc1cc2ncc3c(c2cc1OC(c1ccccc1)C(N)O)n(-c1ccc(C#N)cc1F)c(=O)n3C.